The van der Waals surface area contributed by atoms with Crippen molar-refractivity contribution in [3.63, 3.8) is 0 Å². The number of hydrogen-bond acceptors (Lipinski definition) is 6. The first-order valence-corrected chi connectivity index (χ1v) is 14.5. The van der Waals surface area contributed by atoms with Gasteiger partial charge in [0.2, 0.25) is 15.9 Å². The Morgan fingerprint density at radius 1 is 1.16 bits per heavy atom. The third-order valence-electron chi connectivity index (χ3n) is 6.55. The zero-order valence-corrected chi connectivity index (χ0v) is 20.7. The molecule has 5 rings (SSSR count). The van der Waals surface area contributed by atoms with E-state index in [4.69, 9.17) is 4.98 Å². The van der Waals surface area contributed by atoms with E-state index < -0.39 is 10.0 Å². The Balaban J connectivity index is 1.44. The van der Waals surface area contributed by atoms with Crippen molar-refractivity contribution in [3.8, 4) is 10.6 Å². The number of hydrogen-bond donors (Lipinski definition) is 1. The van der Waals surface area contributed by atoms with Gasteiger partial charge in [0.15, 0.2) is 0 Å². The number of fused-ring (bicyclic) bond motifs is 2. The highest BCUT2D eigenvalue weighted by atomic mass is 32.2. The van der Waals surface area contributed by atoms with Gasteiger partial charge in [-0.3, -0.25) is 4.79 Å². The van der Waals surface area contributed by atoms with Crippen molar-refractivity contribution in [2.45, 2.75) is 39.0 Å². The van der Waals surface area contributed by atoms with Gasteiger partial charge in [-0.15, -0.1) is 22.7 Å². The molecular weight excluding hydrogens is 462 g/mol. The van der Waals surface area contributed by atoms with Crippen LogP contribution in [0.3, 0.4) is 0 Å². The number of amides is 1. The Bertz CT molecular complexity index is 1240. The largest absolute Gasteiger partial charge is 0.317 e. The second-order valence-electron chi connectivity index (χ2n) is 8.97. The number of aromatic nitrogens is 1. The fourth-order valence-electron chi connectivity index (χ4n) is 4.71. The molecule has 1 aromatic carbocycles. The number of benzene rings is 1. The maximum atomic E-state index is 13.2. The smallest absolute Gasteiger partial charge is 0.228 e. The minimum absolute atomic E-state index is 0.00726. The Kier molecular flexibility index (Phi) is 5.86. The highest BCUT2D eigenvalue weighted by Crippen LogP contribution is 2.47. The zero-order valence-electron chi connectivity index (χ0n) is 18.3. The van der Waals surface area contributed by atoms with E-state index in [-0.39, 0.29) is 11.8 Å². The summed E-state index contributed by atoms with van der Waals surface area (Å²) < 4.78 is 26.2. The maximum absolute atomic E-state index is 13.2. The lowest BCUT2D eigenvalue weighted by Gasteiger charge is -2.29. The number of nitrogens with zero attached hydrogens (tertiary/aromatic N) is 2. The molecule has 0 saturated carbocycles. The summed E-state index contributed by atoms with van der Waals surface area (Å²) in [5, 5.41) is 5.10. The first-order chi connectivity index (χ1) is 15.3. The van der Waals surface area contributed by atoms with Crippen molar-refractivity contribution in [3.05, 3.63) is 34.7 Å². The molecule has 1 atom stereocenters. The van der Waals surface area contributed by atoms with E-state index in [1.165, 1.54) is 21.0 Å². The third-order valence-corrected chi connectivity index (χ3v) is 10.1. The van der Waals surface area contributed by atoms with Crippen LogP contribution in [0.5, 0.6) is 0 Å². The van der Waals surface area contributed by atoms with Crippen molar-refractivity contribution in [1.82, 2.24) is 9.29 Å². The molecule has 1 amide bonds. The van der Waals surface area contributed by atoms with Gasteiger partial charge in [-0.2, -0.15) is 0 Å². The molecule has 0 spiro atoms. The van der Waals surface area contributed by atoms with Crippen molar-refractivity contribution >= 4 is 53.8 Å². The van der Waals surface area contributed by atoms with Crippen LogP contribution in [0, 0.1) is 11.8 Å². The number of anilines is 1. The molecule has 6 nitrogen and oxygen atoms in total. The second-order valence-corrected chi connectivity index (χ2v) is 13.1. The monoisotopic (exact) mass is 489 g/mol. The molecule has 2 aromatic heterocycles. The normalized spacial score (nSPS) is 20.4. The fraction of sp³-hybridized carbons (Fsp3) is 0.478. The number of rotatable bonds is 4. The molecule has 1 unspecified atom stereocenters. The quantitative estimate of drug-likeness (QED) is 0.573. The Morgan fingerprint density at radius 3 is 2.62 bits per heavy atom. The summed E-state index contributed by atoms with van der Waals surface area (Å²) in [4.78, 5) is 19.4. The van der Waals surface area contributed by atoms with Crippen LogP contribution in [0.15, 0.2) is 24.3 Å². The predicted molar refractivity (Wildman–Crippen MR) is 132 cm³/mol. The summed E-state index contributed by atoms with van der Waals surface area (Å²) in [5.41, 5.74) is 3.43. The van der Waals surface area contributed by atoms with Crippen LogP contribution in [0.25, 0.3) is 20.8 Å². The zero-order chi connectivity index (χ0) is 22.5. The van der Waals surface area contributed by atoms with E-state index >= 15 is 0 Å². The molecular formula is C23H27N3O3S3. The molecule has 1 aliphatic carbocycles. The number of para-hydroxylation sites is 1. The molecule has 32 heavy (non-hydrogen) atoms. The topological polar surface area (TPSA) is 79.4 Å². The summed E-state index contributed by atoms with van der Waals surface area (Å²) in [5.74, 6) is 0.467. The molecule has 0 radical (unpaired) electrons. The van der Waals surface area contributed by atoms with Gasteiger partial charge in [-0.1, -0.05) is 19.1 Å². The molecule has 1 aliphatic heterocycles. The van der Waals surface area contributed by atoms with Crippen molar-refractivity contribution in [2.75, 3.05) is 24.7 Å². The SMILES string of the molecule is CC1CCc2c(sc(NC(=O)C3CCN(S(C)(=O)=O)CC3)c2-c2nc3ccccc3s2)C1. The van der Waals surface area contributed by atoms with E-state index in [0.717, 1.165) is 45.1 Å². The van der Waals surface area contributed by atoms with Crippen LogP contribution < -0.4 is 5.32 Å². The lowest BCUT2D eigenvalue weighted by Crippen LogP contribution is -2.40. The van der Waals surface area contributed by atoms with Crippen LogP contribution >= 0.6 is 22.7 Å². The number of sulfonamides is 1. The number of thiophene rings is 1. The molecule has 1 N–H and O–H groups in total. The molecule has 3 aromatic rings. The van der Waals surface area contributed by atoms with Crippen molar-refractivity contribution in [2.24, 2.45) is 11.8 Å². The van der Waals surface area contributed by atoms with Crippen LogP contribution in [0.2, 0.25) is 0 Å². The van der Waals surface area contributed by atoms with E-state index in [2.05, 4.69) is 18.3 Å². The minimum atomic E-state index is -3.20. The lowest BCUT2D eigenvalue weighted by atomic mass is 9.88. The number of carbonyl (C=O) groups is 1. The summed E-state index contributed by atoms with van der Waals surface area (Å²) in [6.07, 6.45) is 5.55. The molecule has 0 bridgehead atoms. The van der Waals surface area contributed by atoms with E-state index in [1.807, 2.05) is 18.2 Å². The number of carbonyl (C=O) groups excluding carboxylic acids is 1. The summed E-state index contributed by atoms with van der Waals surface area (Å²) in [6.45, 7) is 3.09. The Morgan fingerprint density at radius 2 is 1.91 bits per heavy atom. The van der Waals surface area contributed by atoms with E-state index in [0.29, 0.717) is 31.8 Å². The van der Waals surface area contributed by atoms with Crippen LogP contribution in [-0.2, 0) is 27.7 Å². The Labute approximate surface area is 196 Å². The highest BCUT2D eigenvalue weighted by molar-refractivity contribution is 7.88. The molecule has 2 aliphatic rings. The van der Waals surface area contributed by atoms with Crippen molar-refractivity contribution < 1.29 is 13.2 Å². The maximum Gasteiger partial charge on any atom is 0.228 e. The first-order valence-electron chi connectivity index (χ1n) is 11.1. The van der Waals surface area contributed by atoms with Crippen molar-refractivity contribution in [1.29, 1.82) is 0 Å². The molecule has 170 valence electrons. The van der Waals surface area contributed by atoms with E-state index in [1.54, 1.807) is 22.7 Å². The summed E-state index contributed by atoms with van der Waals surface area (Å²) >= 11 is 3.38. The Hall–Kier alpha value is -1.81. The van der Waals surface area contributed by atoms with Gasteiger partial charge >= 0.3 is 0 Å². The van der Waals surface area contributed by atoms with Gasteiger partial charge < -0.3 is 5.32 Å². The van der Waals surface area contributed by atoms with Gasteiger partial charge in [0.1, 0.15) is 10.0 Å². The van der Waals surface area contributed by atoms with Gasteiger partial charge in [0, 0.05) is 29.4 Å². The van der Waals surface area contributed by atoms with Gasteiger partial charge in [-0.05, 0) is 55.7 Å². The lowest BCUT2D eigenvalue weighted by molar-refractivity contribution is -0.120. The first kappa shape index (κ1) is 22.0. The summed E-state index contributed by atoms with van der Waals surface area (Å²) in [6, 6.07) is 8.15. The van der Waals surface area contributed by atoms with Gasteiger partial charge in [-0.25, -0.2) is 17.7 Å². The number of thiazole rings is 1. The fourth-order valence-corrected chi connectivity index (χ4v) is 8.11. The van der Waals surface area contributed by atoms with Gasteiger partial charge in [0.05, 0.1) is 16.5 Å². The van der Waals surface area contributed by atoms with Gasteiger partial charge in [0.25, 0.3) is 0 Å². The molecule has 3 heterocycles. The molecule has 1 saturated heterocycles. The average molecular weight is 490 g/mol. The van der Waals surface area contributed by atoms with Crippen LogP contribution in [0.1, 0.15) is 36.6 Å². The second kappa shape index (κ2) is 8.52. The highest BCUT2D eigenvalue weighted by Gasteiger charge is 2.31. The number of piperidine rings is 1. The summed E-state index contributed by atoms with van der Waals surface area (Å²) in [7, 11) is -3.20. The molecule has 9 heteroatoms. The van der Waals surface area contributed by atoms with Crippen LogP contribution in [-0.4, -0.2) is 43.0 Å². The van der Waals surface area contributed by atoms with E-state index in [9.17, 15) is 13.2 Å². The standard InChI is InChI=1S/C23H27N3O3S3/c1-14-7-8-16-19(13-14)31-23(20(16)22-24-17-5-3-4-6-18(17)30-22)25-21(27)15-9-11-26(12-10-15)32(2,28)29/h3-6,14-15H,7-13H2,1-2H3,(H,25,27). The number of nitrogens with one attached hydrogen (secondary N) is 1. The predicted octanol–water partition coefficient (Wildman–Crippen LogP) is 4.76. The minimum Gasteiger partial charge on any atom is -0.317 e. The molecule has 1 fully saturated rings. The van der Waals surface area contributed by atoms with Crippen LogP contribution in [0.4, 0.5) is 5.00 Å². The third kappa shape index (κ3) is 4.23. The average Bonchev–Trinajstić information content (AvgIpc) is 3.33.